The molecule has 1 atom stereocenters. The largest absolute Gasteiger partial charge is 0.396 e. The number of halogens is 1. The number of aliphatic hydroxyl groups is 1. The van der Waals surface area contributed by atoms with Gasteiger partial charge < -0.3 is 20.1 Å². The molecule has 1 aromatic carbocycles. The zero-order valence-electron chi connectivity index (χ0n) is 13.6. The topological polar surface area (TPSA) is 44.7 Å². The van der Waals surface area contributed by atoms with Gasteiger partial charge in [0.2, 0.25) is 0 Å². The third-order valence-corrected chi connectivity index (χ3v) is 4.53. The van der Waals surface area contributed by atoms with Gasteiger partial charge in [0.05, 0.1) is 18.9 Å². The third-order valence-electron chi connectivity index (χ3n) is 4.53. The SMILES string of the molecule is CCC(C)(CCO)NCc1ccc(N2CCOCC2)c(F)c1. The van der Waals surface area contributed by atoms with Crippen LogP contribution in [0.25, 0.3) is 0 Å². The van der Waals surface area contributed by atoms with Gasteiger partial charge in [-0.05, 0) is 37.5 Å². The van der Waals surface area contributed by atoms with Crippen molar-refractivity contribution in [3.05, 3.63) is 29.6 Å². The van der Waals surface area contributed by atoms with Crippen LogP contribution < -0.4 is 10.2 Å². The maximum Gasteiger partial charge on any atom is 0.146 e. The van der Waals surface area contributed by atoms with Crippen LogP contribution in [0.4, 0.5) is 10.1 Å². The van der Waals surface area contributed by atoms with Crippen LogP contribution in [0.2, 0.25) is 0 Å². The number of rotatable bonds is 7. The quantitative estimate of drug-likeness (QED) is 0.811. The molecule has 0 radical (unpaired) electrons. The van der Waals surface area contributed by atoms with Crippen molar-refractivity contribution in [1.82, 2.24) is 5.32 Å². The Morgan fingerprint density at radius 1 is 1.36 bits per heavy atom. The van der Waals surface area contributed by atoms with Gasteiger partial charge in [0.15, 0.2) is 0 Å². The molecular weight excluding hydrogens is 283 g/mol. The molecule has 1 aromatic rings. The summed E-state index contributed by atoms with van der Waals surface area (Å²) in [7, 11) is 0. The van der Waals surface area contributed by atoms with E-state index in [0.29, 0.717) is 31.9 Å². The zero-order chi connectivity index (χ0) is 16.0. The molecule has 124 valence electrons. The van der Waals surface area contributed by atoms with Crippen molar-refractivity contribution in [2.24, 2.45) is 0 Å². The normalized spacial score (nSPS) is 18.3. The Labute approximate surface area is 132 Å². The molecule has 1 aliphatic rings. The Morgan fingerprint density at radius 2 is 2.09 bits per heavy atom. The predicted molar refractivity (Wildman–Crippen MR) is 86.7 cm³/mol. The average Bonchev–Trinajstić information content (AvgIpc) is 2.54. The third kappa shape index (κ3) is 4.41. The molecular formula is C17H27FN2O2. The van der Waals surface area contributed by atoms with Crippen molar-refractivity contribution in [2.75, 3.05) is 37.8 Å². The molecule has 1 saturated heterocycles. The lowest BCUT2D eigenvalue weighted by atomic mass is 9.94. The second kappa shape index (κ2) is 7.90. The molecule has 2 rings (SSSR count). The molecule has 1 fully saturated rings. The second-order valence-electron chi connectivity index (χ2n) is 6.13. The smallest absolute Gasteiger partial charge is 0.146 e. The summed E-state index contributed by atoms with van der Waals surface area (Å²) in [6.07, 6.45) is 1.61. The van der Waals surface area contributed by atoms with Crippen molar-refractivity contribution in [3.63, 3.8) is 0 Å². The predicted octanol–water partition coefficient (Wildman–Crippen LogP) is 2.30. The minimum Gasteiger partial charge on any atom is -0.396 e. The Kier molecular flexibility index (Phi) is 6.17. The summed E-state index contributed by atoms with van der Waals surface area (Å²) in [6, 6.07) is 5.43. The van der Waals surface area contributed by atoms with E-state index in [9.17, 15) is 4.39 Å². The Morgan fingerprint density at radius 3 is 2.68 bits per heavy atom. The van der Waals surface area contributed by atoms with E-state index in [1.54, 1.807) is 6.07 Å². The Bertz CT molecular complexity index is 478. The summed E-state index contributed by atoms with van der Waals surface area (Å²) < 4.78 is 19.6. The molecule has 0 aromatic heterocycles. The number of morpholine rings is 1. The molecule has 0 saturated carbocycles. The van der Waals surface area contributed by atoms with Crippen LogP contribution in [0, 0.1) is 5.82 Å². The zero-order valence-corrected chi connectivity index (χ0v) is 13.6. The lowest BCUT2D eigenvalue weighted by molar-refractivity contribution is 0.122. The summed E-state index contributed by atoms with van der Waals surface area (Å²) in [4.78, 5) is 2.03. The number of hydrogen-bond donors (Lipinski definition) is 2. The lowest BCUT2D eigenvalue weighted by Gasteiger charge is -2.30. The van der Waals surface area contributed by atoms with Crippen molar-refractivity contribution in [3.8, 4) is 0 Å². The van der Waals surface area contributed by atoms with E-state index >= 15 is 0 Å². The van der Waals surface area contributed by atoms with Crippen LogP contribution in [0.5, 0.6) is 0 Å². The number of hydrogen-bond acceptors (Lipinski definition) is 4. The van der Waals surface area contributed by atoms with Crippen molar-refractivity contribution in [1.29, 1.82) is 0 Å². The van der Waals surface area contributed by atoms with Gasteiger partial charge in [0, 0.05) is 31.8 Å². The number of ether oxygens (including phenoxy) is 1. The molecule has 0 spiro atoms. The van der Waals surface area contributed by atoms with Gasteiger partial charge in [-0.3, -0.25) is 0 Å². The number of benzene rings is 1. The van der Waals surface area contributed by atoms with Gasteiger partial charge in [-0.2, -0.15) is 0 Å². The molecule has 0 bridgehead atoms. The highest BCUT2D eigenvalue weighted by molar-refractivity contribution is 5.49. The van der Waals surface area contributed by atoms with Crippen molar-refractivity contribution in [2.45, 2.75) is 38.8 Å². The highest BCUT2D eigenvalue weighted by Gasteiger charge is 2.21. The van der Waals surface area contributed by atoms with Gasteiger partial charge in [-0.25, -0.2) is 4.39 Å². The fraction of sp³-hybridized carbons (Fsp3) is 0.647. The molecule has 0 aliphatic carbocycles. The Balaban J connectivity index is 1.99. The van der Waals surface area contributed by atoms with E-state index in [2.05, 4.69) is 19.2 Å². The molecule has 4 nitrogen and oxygen atoms in total. The first kappa shape index (κ1) is 17.2. The van der Waals surface area contributed by atoms with Gasteiger partial charge in [-0.1, -0.05) is 13.0 Å². The van der Waals surface area contributed by atoms with Crippen LogP contribution >= 0.6 is 0 Å². The first-order valence-corrected chi connectivity index (χ1v) is 8.05. The molecule has 5 heteroatoms. The van der Waals surface area contributed by atoms with E-state index in [1.807, 2.05) is 17.0 Å². The summed E-state index contributed by atoms with van der Waals surface area (Å²) in [5.74, 6) is -0.179. The number of aliphatic hydroxyl groups excluding tert-OH is 1. The van der Waals surface area contributed by atoms with Crippen LogP contribution in [0.3, 0.4) is 0 Å². The van der Waals surface area contributed by atoms with E-state index < -0.39 is 0 Å². The minimum atomic E-state index is -0.179. The van der Waals surface area contributed by atoms with E-state index in [-0.39, 0.29) is 18.0 Å². The van der Waals surface area contributed by atoms with Crippen LogP contribution in [0.15, 0.2) is 18.2 Å². The first-order valence-electron chi connectivity index (χ1n) is 8.05. The lowest BCUT2D eigenvalue weighted by Crippen LogP contribution is -2.42. The van der Waals surface area contributed by atoms with Crippen LogP contribution in [-0.4, -0.2) is 43.6 Å². The fourth-order valence-electron chi connectivity index (χ4n) is 2.67. The molecule has 1 aliphatic heterocycles. The van der Waals surface area contributed by atoms with Crippen molar-refractivity contribution >= 4 is 5.69 Å². The van der Waals surface area contributed by atoms with E-state index in [1.165, 1.54) is 0 Å². The number of nitrogens with one attached hydrogen (secondary N) is 1. The fourth-order valence-corrected chi connectivity index (χ4v) is 2.67. The number of anilines is 1. The molecule has 22 heavy (non-hydrogen) atoms. The first-order chi connectivity index (χ1) is 10.6. The standard InChI is InChI=1S/C17H27FN2O2/c1-3-17(2,6-9-21)19-13-14-4-5-16(15(18)12-14)20-7-10-22-11-8-20/h4-5,12,19,21H,3,6-11,13H2,1-2H3. The van der Waals surface area contributed by atoms with E-state index in [4.69, 9.17) is 9.84 Å². The monoisotopic (exact) mass is 310 g/mol. The highest BCUT2D eigenvalue weighted by atomic mass is 19.1. The highest BCUT2D eigenvalue weighted by Crippen LogP contribution is 2.22. The second-order valence-corrected chi connectivity index (χ2v) is 6.13. The maximum absolute atomic E-state index is 14.3. The van der Waals surface area contributed by atoms with Gasteiger partial charge >= 0.3 is 0 Å². The maximum atomic E-state index is 14.3. The summed E-state index contributed by atoms with van der Waals surface area (Å²) in [6.45, 7) is 7.70. The van der Waals surface area contributed by atoms with Crippen LogP contribution in [-0.2, 0) is 11.3 Å². The summed E-state index contributed by atoms with van der Waals surface area (Å²) in [5, 5.41) is 12.6. The summed E-state index contributed by atoms with van der Waals surface area (Å²) in [5.41, 5.74) is 1.46. The molecule has 1 unspecified atom stereocenters. The number of nitrogens with zero attached hydrogens (tertiary/aromatic N) is 1. The minimum absolute atomic E-state index is 0.117. The average molecular weight is 310 g/mol. The van der Waals surface area contributed by atoms with Crippen molar-refractivity contribution < 1.29 is 14.2 Å². The molecule has 2 N–H and O–H groups in total. The van der Waals surface area contributed by atoms with Gasteiger partial charge in [0.25, 0.3) is 0 Å². The van der Waals surface area contributed by atoms with E-state index in [0.717, 1.165) is 25.1 Å². The van der Waals surface area contributed by atoms with Crippen LogP contribution in [0.1, 0.15) is 32.3 Å². The molecule has 0 amide bonds. The van der Waals surface area contributed by atoms with Gasteiger partial charge in [0.1, 0.15) is 5.82 Å². The molecule has 1 heterocycles. The van der Waals surface area contributed by atoms with Gasteiger partial charge in [-0.15, -0.1) is 0 Å². The Hall–Kier alpha value is -1.17. The summed E-state index contributed by atoms with van der Waals surface area (Å²) >= 11 is 0.